The van der Waals surface area contributed by atoms with Gasteiger partial charge in [0.2, 0.25) is 5.91 Å². The number of amides is 1. The van der Waals surface area contributed by atoms with E-state index in [-0.39, 0.29) is 5.91 Å². The van der Waals surface area contributed by atoms with Crippen LogP contribution in [-0.4, -0.2) is 10.9 Å². The first-order valence-electron chi connectivity index (χ1n) is 4.51. The van der Waals surface area contributed by atoms with Crippen molar-refractivity contribution in [2.45, 2.75) is 27.2 Å². The maximum atomic E-state index is 10.9. The van der Waals surface area contributed by atoms with Gasteiger partial charge in [0.15, 0.2) is 0 Å². The molecule has 1 aliphatic rings. The van der Waals surface area contributed by atoms with Gasteiger partial charge in [0, 0.05) is 6.20 Å². The number of anilines is 1. The van der Waals surface area contributed by atoms with E-state index in [4.69, 9.17) is 0 Å². The average molecular weight is 178 g/mol. The van der Waals surface area contributed by atoms with Gasteiger partial charge in [0.05, 0.1) is 17.8 Å². The van der Waals surface area contributed by atoms with Gasteiger partial charge in [-0.2, -0.15) is 0 Å². The molecule has 0 saturated heterocycles. The number of hydrogen-bond acceptors (Lipinski definition) is 2. The number of pyridine rings is 1. The summed E-state index contributed by atoms with van der Waals surface area (Å²) >= 11 is 0. The van der Waals surface area contributed by atoms with E-state index in [2.05, 4.69) is 10.3 Å². The summed E-state index contributed by atoms with van der Waals surface area (Å²) in [6.45, 7) is 5.96. The zero-order valence-electron chi connectivity index (χ0n) is 8.22. The number of carbonyl (C=O) groups excluding carboxylic acids is 1. The molecule has 70 valence electrons. The Bertz CT molecular complexity index is 321. The second-order valence-corrected chi connectivity index (χ2v) is 2.73. The van der Waals surface area contributed by atoms with Crippen molar-refractivity contribution in [3.63, 3.8) is 0 Å². The van der Waals surface area contributed by atoms with Crippen LogP contribution in [0.5, 0.6) is 0 Å². The summed E-state index contributed by atoms with van der Waals surface area (Å²) in [5.41, 5.74) is 2.81. The van der Waals surface area contributed by atoms with Gasteiger partial charge >= 0.3 is 0 Å². The van der Waals surface area contributed by atoms with Gasteiger partial charge in [-0.05, 0) is 18.6 Å². The van der Waals surface area contributed by atoms with Crippen LogP contribution in [0.4, 0.5) is 5.69 Å². The highest BCUT2D eigenvalue weighted by Crippen LogP contribution is 2.20. The largest absolute Gasteiger partial charge is 0.324 e. The van der Waals surface area contributed by atoms with Gasteiger partial charge in [0.25, 0.3) is 0 Å². The van der Waals surface area contributed by atoms with E-state index in [1.165, 1.54) is 0 Å². The summed E-state index contributed by atoms with van der Waals surface area (Å²) in [6, 6.07) is 1.94. The van der Waals surface area contributed by atoms with Crippen molar-refractivity contribution in [3.05, 3.63) is 23.5 Å². The topological polar surface area (TPSA) is 42.0 Å². The molecule has 1 N–H and O–H groups in total. The van der Waals surface area contributed by atoms with Crippen molar-refractivity contribution in [1.29, 1.82) is 0 Å². The monoisotopic (exact) mass is 178 g/mol. The number of nitrogens with zero attached hydrogens (tertiary/aromatic N) is 1. The molecule has 3 nitrogen and oxygen atoms in total. The molecule has 0 atom stereocenters. The van der Waals surface area contributed by atoms with Crippen LogP contribution < -0.4 is 5.32 Å². The molecule has 0 saturated carbocycles. The molecule has 2 heterocycles. The zero-order valence-corrected chi connectivity index (χ0v) is 8.22. The molecule has 1 aromatic heterocycles. The lowest BCUT2D eigenvalue weighted by Gasteiger charge is -1.96. The number of hydrogen-bond donors (Lipinski definition) is 1. The molecule has 1 aliphatic heterocycles. The second kappa shape index (κ2) is 4.03. The number of nitrogens with one attached hydrogen (secondary N) is 1. The molecule has 0 unspecified atom stereocenters. The fraction of sp³-hybridized carbons (Fsp3) is 0.400. The fourth-order valence-electron chi connectivity index (χ4n) is 1.19. The average Bonchev–Trinajstić information content (AvgIpc) is 2.48. The summed E-state index contributed by atoms with van der Waals surface area (Å²) in [5.74, 6) is 0.0399. The quantitative estimate of drug-likeness (QED) is 0.659. The maximum absolute atomic E-state index is 10.9. The molecular formula is C10H14N2O. The van der Waals surface area contributed by atoms with Crippen LogP contribution in [0.25, 0.3) is 0 Å². The van der Waals surface area contributed by atoms with Crippen LogP contribution >= 0.6 is 0 Å². The van der Waals surface area contributed by atoms with E-state index in [0.29, 0.717) is 6.42 Å². The van der Waals surface area contributed by atoms with Crippen molar-refractivity contribution < 1.29 is 4.79 Å². The Labute approximate surface area is 78.2 Å². The third kappa shape index (κ3) is 2.05. The van der Waals surface area contributed by atoms with Crippen LogP contribution in [-0.2, 0) is 11.2 Å². The van der Waals surface area contributed by atoms with Gasteiger partial charge in [-0.1, -0.05) is 13.8 Å². The van der Waals surface area contributed by atoms with E-state index >= 15 is 0 Å². The fourth-order valence-corrected chi connectivity index (χ4v) is 1.19. The van der Waals surface area contributed by atoms with Crippen LogP contribution in [0, 0.1) is 6.92 Å². The SMILES string of the molecule is CC.Cc1cnc2c(c1)NC(=O)C2. The summed E-state index contributed by atoms with van der Waals surface area (Å²) in [6.07, 6.45) is 2.20. The molecular weight excluding hydrogens is 164 g/mol. The van der Waals surface area contributed by atoms with Gasteiger partial charge < -0.3 is 5.32 Å². The molecule has 0 spiro atoms. The van der Waals surface area contributed by atoms with Crippen LogP contribution in [0.1, 0.15) is 25.1 Å². The Morgan fingerprint density at radius 1 is 1.46 bits per heavy atom. The number of aryl methyl sites for hydroxylation is 1. The summed E-state index contributed by atoms with van der Waals surface area (Å²) in [7, 11) is 0. The highest BCUT2D eigenvalue weighted by Gasteiger charge is 2.17. The molecule has 0 radical (unpaired) electrons. The lowest BCUT2D eigenvalue weighted by atomic mass is 10.2. The third-order valence-electron chi connectivity index (χ3n) is 1.71. The maximum Gasteiger partial charge on any atom is 0.230 e. The van der Waals surface area contributed by atoms with E-state index < -0.39 is 0 Å². The highest BCUT2D eigenvalue weighted by atomic mass is 16.1. The van der Waals surface area contributed by atoms with Gasteiger partial charge in [-0.15, -0.1) is 0 Å². The van der Waals surface area contributed by atoms with E-state index in [1.807, 2.05) is 26.8 Å². The normalized spacial score (nSPS) is 12.7. The lowest BCUT2D eigenvalue weighted by molar-refractivity contribution is -0.115. The first-order chi connectivity index (χ1) is 6.25. The molecule has 0 aliphatic carbocycles. The second-order valence-electron chi connectivity index (χ2n) is 2.73. The van der Waals surface area contributed by atoms with Crippen LogP contribution in [0.15, 0.2) is 12.3 Å². The standard InChI is InChI=1S/C8H8N2O.C2H6/c1-5-2-7-6(9-4-5)3-8(11)10-7;1-2/h2,4H,3H2,1H3,(H,10,11);1-2H3. The Balaban J connectivity index is 0.000000396. The summed E-state index contributed by atoms with van der Waals surface area (Å²) in [5, 5.41) is 2.74. The highest BCUT2D eigenvalue weighted by molar-refractivity contribution is 5.98. The molecule has 0 bridgehead atoms. The zero-order chi connectivity index (χ0) is 9.84. The molecule has 3 heteroatoms. The smallest absolute Gasteiger partial charge is 0.230 e. The molecule has 2 rings (SSSR count). The van der Waals surface area contributed by atoms with Crippen molar-refractivity contribution in [2.75, 3.05) is 5.32 Å². The van der Waals surface area contributed by atoms with Crippen LogP contribution in [0.3, 0.4) is 0 Å². The Hall–Kier alpha value is -1.38. The van der Waals surface area contributed by atoms with E-state index in [1.54, 1.807) is 6.20 Å². The Kier molecular flexibility index (Phi) is 3.01. The number of rotatable bonds is 0. The predicted molar refractivity (Wildman–Crippen MR) is 52.7 cm³/mol. The molecule has 0 fully saturated rings. The Morgan fingerprint density at radius 2 is 2.15 bits per heavy atom. The minimum Gasteiger partial charge on any atom is -0.324 e. The van der Waals surface area contributed by atoms with Crippen molar-refractivity contribution in [2.24, 2.45) is 0 Å². The van der Waals surface area contributed by atoms with E-state index in [0.717, 1.165) is 16.9 Å². The molecule has 1 aromatic rings. The third-order valence-corrected chi connectivity index (χ3v) is 1.71. The minimum atomic E-state index is 0.0399. The van der Waals surface area contributed by atoms with Crippen molar-refractivity contribution in [1.82, 2.24) is 4.98 Å². The summed E-state index contributed by atoms with van der Waals surface area (Å²) in [4.78, 5) is 15.0. The number of fused-ring (bicyclic) bond motifs is 1. The predicted octanol–water partition coefficient (Wildman–Crippen LogP) is 1.91. The summed E-state index contributed by atoms with van der Waals surface area (Å²) < 4.78 is 0. The number of aromatic nitrogens is 1. The molecule has 1 amide bonds. The molecule has 13 heavy (non-hydrogen) atoms. The van der Waals surface area contributed by atoms with Gasteiger partial charge in [-0.3, -0.25) is 9.78 Å². The van der Waals surface area contributed by atoms with Crippen molar-refractivity contribution in [3.8, 4) is 0 Å². The first-order valence-corrected chi connectivity index (χ1v) is 4.51. The number of carbonyl (C=O) groups is 1. The van der Waals surface area contributed by atoms with Gasteiger partial charge in [0.1, 0.15) is 0 Å². The van der Waals surface area contributed by atoms with E-state index in [9.17, 15) is 4.79 Å². The van der Waals surface area contributed by atoms with Crippen LogP contribution in [0.2, 0.25) is 0 Å². The molecule has 0 aromatic carbocycles. The Morgan fingerprint density at radius 3 is 2.85 bits per heavy atom. The van der Waals surface area contributed by atoms with Gasteiger partial charge in [-0.25, -0.2) is 0 Å². The lowest BCUT2D eigenvalue weighted by Crippen LogP contribution is -2.03. The first kappa shape index (κ1) is 9.71. The van der Waals surface area contributed by atoms with Crippen molar-refractivity contribution >= 4 is 11.6 Å². The minimum absolute atomic E-state index is 0.0399.